The molecule has 1 amide bonds. The predicted molar refractivity (Wildman–Crippen MR) is 75.9 cm³/mol. The first-order valence-corrected chi connectivity index (χ1v) is 7.31. The smallest absolute Gasteiger partial charge is 0.254 e. The van der Waals surface area contributed by atoms with Crippen LogP contribution in [-0.2, 0) is 0 Å². The molecule has 1 aromatic rings. The predicted octanol–water partition coefficient (Wildman–Crippen LogP) is 3.95. The molecule has 0 radical (unpaired) electrons. The number of carbonyl (C=O) groups excluding carboxylic acids is 1. The number of hydrogen-bond donors (Lipinski definition) is 1. The molecule has 0 saturated heterocycles. The van der Waals surface area contributed by atoms with Crippen molar-refractivity contribution in [2.24, 2.45) is 0 Å². The third-order valence-electron chi connectivity index (χ3n) is 3.42. The standard InChI is InChI=1S/C13H16BrClN2O/c1-13(5-3-2-4-6-13)17-12(18)10-7-9(14)8-16-11(10)15/h7-8H,2-6H2,1H3,(H,17,18). The van der Waals surface area contributed by atoms with Crippen LogP contribution in [0.4, 0.5) is 0 Å². The summed E-state index contributed by atoms with van der Waals surface area (Å²) in [6.45, 7) is 2.10. The Morgan fingerprint density at radius 2 is 2.11 bits per heavy atom. The Hall–Kier alpha value is -0.610. The summed E-state index contributed by atoms with van der Waals surface area (Å²) in [7, 11) is 0. The first kappa shape index (κ1) is 13.8. The van der Waals surface area contributed by atoms with E-state index in [4.69, 9.17) is 11.6 Å². The molecule has 1 aliphatic rings. The van der Waals surface area contributed by atoms with Gasteiger partial charge in [0.2, 0.25) is 0 Å². The van der Waals surface area contributed by atoms with Gasteiger partial charge in [-0.2, -0.15) is 0 Å². The molecule has 0 aliphatic heterocycles. The Morgan fingerprint density at radius 3 is 2.78 bits per heavy atom. The maximum absolute atomic E-state index is 12.2. The van der Waals surface area contributed by atoms with Gasteiger partial charge >= 0.3 is 0 Å². The quantitative estimate of drug-likeness (QED) is 0.834. The molecule has 98 valence electrons. The summed E-state index contributed by atoms with van der Waals surface area (Å²) in [6.07, 6.45) is 7.23. The van der Waals surface area contributed by atoms with E-state index in [0.717, 1.165) is 17.3 Å². The van der Waals surface area contributed by atoms with Crippen molar-refractivity contribution in [1.82, 2.24) is 10.3 Å². The summed E-state index contributed by atoms with van der Waals surface area (Å²) in [6, 6.07) is 1.71. The van der Waals surface area contributed by atoms with Crippen molar-refractivity contribution < 1.29 is 4.79 Å². The maximum Gasteiger partial charge on any atom is 0.254 e. The van der Waals surface area contributed by atoms with E-state index in [1.165, 1.54) is 19.3 Å². The summed E-state index contributed by atoms with van der Waals surface area (Å²) in [5.41, 5.74) is 0.318. The number of pyridine rings is 1. The highest BCUT2D eigenvalue weighted by molar-refractivity contribution is 9.10. The zero-order chi connectivity index (χ0) is 13.2. The van der Waals surface area contributed by atoms with Crippen molar-refractivity contribution in [2.75, 3.05) is 0 Å². The minimum atomic E-state index is -0.141. The van der Waals surface area contributed by atoms with Crippen LogP contribution in [0.1, 0.15) is 49.4 Å². The zero-order valence-corrected chi connectivity index (χ0v) is 12.6. The van der Waals surface area contributed by atoms with Crippen LogP contribution >= 0.6 is 27.5 Å². The second-order valence-corrected chi connectivity index (χ2v) is 6.34. The molecule has 0 atom stereocenters. The number of hydrogen-bond acceptors (Lipinski definition) is 2. The lowest BCUT2D eigenvalue weighted by Gasteiger charge is -2.34. The lowest BCUT2D eigenvalue weighted by Crippen LogP contribution is -2.47. The molecule has 1 fully saturated rings. The van der Waals surface area contributed by atoms with Crippen LogP contribution in [-0.4, -0.2) is 16.4 Å². The molecule has 1 heterocycles. The van der Waals surface area contributed by atoms with E-state index < -0.39 is 0 Å². The number of nitrogens with zero attached hydrogens (tertiary/aromatic N) is 1. The Bertz CT molecular complexity index is 458. The second kappa shape index (κ2) is 5.57. The molecule has 1 N–H and O–H groups in total. The van der Waals surface area contributed by atoms with Gasteiger partial charge in [0.05, 0.1) is 5.56 Å². The normalized spacial score (nSPS) is 18.4. The fraction of sp³-hybridized carbons (Fsp3) is 0.538. The molecule has 0 bridgehead atoms. The maximum atomic E-state index is 12.2. The molecule has 1 saturated carbocycles. The van der Waals surface area contributed by atoms with Gasteiger partial charge < -0.3 is 5.32 Å². The second-order valence-electron chi connectivity index (χ2n) is 5.07. The van der Waals surface area contributed by atoms with E-state index in [9.17, 15) is 4.79 Å². The Kier molecular flexibility index (Phi) is 4.28. The summed E-state index contributed by atoms with van der Waals surface area (Å²) in [5, 5.41) is 3.34. The van der Waals surface area contributed by atoms with Gasteiger partial charge in [0.25, 0.3) is 5.91 Å². The summed E-state index contributed by atoms with van der Waals surface area (Å²) in [5.74, 6) is -0.141. The lowest BCUT2D eigenvalue weighted by atomic mass is 9.83. The molecular formula is C13H16BrClN2O. The van der Waals surface area contributed by atoms with Gasteiger partial charge in [-0.3, -0.25) is 4.79 Å². The Labute approximate surface area is 120 Å². The van der Waals surface area contributed by atoms with Crippen molar-refractivity contribution >= 4 is 33.4 Å². The van der Waals surface area contributed by atoms with Crippen LogP contribution in [0.3, 0.4) is 0 Å². The molecule has 18 heavy (non-hydrogen) atoms. The number of rotatable bonds is 2. The molecule has 2 rings (SSSR count). The monoisotopic (exact) mass is 330 g/mol. The van der Waals surface area contributed by atoms with Crippen molar-refractivity contribution in [3.05, 3.63) is 27.5 Å². The molecule has 1 aliphatic carbocycles. The van der Waals surface area contributed by atoms with Gasteiger partial charge in [0.1, 0.15) is 5.15 Å². The summed E-state index contributed by atoms with van der Waals surface area (Å²) >= 11 is 9.26. The van der Waals surface area contributed by atoms with E-state index in [1.54, 1.807) is 12.3 Å². The SMILES string of the molecule is CC1(NC(=O)c2cc(Br)cnc2Cl)CCCCC1. The van der Waals surface area contributed by atoms with Gasteiger partial charge in [-0.25, -0.2) is 4.98 Å². The van der Waals surface area contributed by atoms with Gasteiger partial charge in [-0.05, 0) is 41.8 Å². The summed E-state index contributed by atoms with van der Waals surface area (Å²) in [4.78, 5) is 16.2. The van der Waals surface area contributed by atoms with Gasteiger partial charge in [0, 0.05) is 16.2 Å². The van der Waals surface area contributed by atoms with Crippen molar-refractivity contribution in [1.29, 1.82) is 0 Å². The number of aromatic nitrogens is 1. The first-order chi connectivity index (χ1) is 8.50. The molecule has 5 heteroatoms. The van der Waals surface area contributed by atoms with E-state index in [0.29, 0.717) is 5.56 Å². The minimum Gasteiger partial charge on any atom is -0.347 e. The highest BCUT2D eigenvalue weighted by Gasteiger charge is 2.29. The molecule has 0 aromatic carbocycles. The number of nitrogens with one attached hydrogen (secondary N) is 1. The van der Waals surface area contributed by atoms with Crippen LogP contribution in [0.25, 0.3) is 0 Å². The molecule has 0 spiro atoms. The van der Waals surface area contributed by atoms with E-state index >= 15 is 0 Å². The van der Waals surface area contributed by atoms with Gasteiger partial charge in [-0.15, -0.1) is 0 Å². The zero-order valence-electron chi connectivity index (χ0n) is 10.3. The Balaban J connectivity index is 2.14. The fourth-order valence-corrected chi connectivity index (χ4v) is 2.90. The first-order valence-electron chi connectivity index (χ1n) is 6.14. The average molecular weight is 332 g/mol. The third-order valence-corrected chi connectivity index (χ3v) is 4.16. The molecule has 1 aromatic heterocycles. The molecule has 0 unspecified atom stereocenters. The lowest BCUT2D eigenvalue weighted by molar-refractivity contribution is 0.0882. The Morgan fingerprint density at radius 1 is 1.44 bits per heavy atom. The van der Waals surface area contributed by atoms with Crippen molar-refractivity contribution in [3.63, 3.8) is 0 Å². The topological polar surface area (TPSA) is 42.0 Å². The minimum absolute atomic E-state index is 0.110. The average Bonchev–Trinajstić information content (AvgIpc) is 2.32. The van der Waals surface area contributed by atoms with Gasteiger partial charge in [0.15, 0.2) is 0 Å². The largest absolute Gasteiger partial charge is 0.347 e. The number of amides is 1. The summed E-state index contributed by atoms with van der Waals surface area (Å²) < 4.78 is 0.755. The van der Waals surface area contributed by atoms with E-state index in [1.807, 2.05) is 0 Å². The van der Waals surface area contributed by atoms with Crippen LogP contribution < -0.4 is 5.32 Å². The highest BCUT2D eigenvalue weighted by Crippen LogP contribution is 2.28. The molecular weight excluding hydrogens is 316 g/mol. The van der Waals surface area contributed by atoms with Crippen LogP contribution in [0, 0.1) is 0 Å². The van der Waals surface area contributed by atoms with Crippen LogP contribution in [0.15, 0.2) is 16.7 Å². The number of carbonyl (C=O) groups is 1. The molecule has 3 nitrogen and oxygen atoms in total. The van der Waals surface area contributed by atoms with Gasteiger partial charge in [-0.1, -0.05) is 30.9 Å². The van der Waals surface area contributed by atoms with Crippen LogP contribution in [0.5, 0.6) is 0 Å². The third kappa shape index (κ3) is 3.23. The van der Waals surface area contributed by atoms with Crippen LogP contribution in [0.2, 0.25) is 5.15 Å². The van der Waals surface area contributed by atoms with E-state index in [2.05, 4.69) is 33.2 Å². The number of halogens is 2. The van der Waals surface area contributed by atoms with Crippen molar-refractivity contribution in [3.8, 4) is 0 Å². The van der Waals surface area contributed by atoms with Crippen molar-refractivity contribution in [2.45, 2.75) is 44.6 Å². The highest BCUT2D eigenvalue weighted by atomic mass is 79.9. The van der Waals surface area contributed by atoms with E-state index in [-0.39, 0.29) is 16.6 Å². The fourth-order valence-electron chi connectivity index (χ4n) is 2.38.